The van der Waals surface area contributed by atoms with Gasteiger partial charge >= 0.3 is 0 Å². The van der Waals surface area contributed by atoms with E-state index in [9.17, 15) is 13.2 Å². The Kier molecular flexibility index (Phi) is 5.91. The van der Waals surface area contributed by atoms with Crippen LogP contribution in [0.5, 0.6) is 0 Å². The SMILES string of the molecule is CC1CN(C(C)(C)CNC(=O)c2ccccc2S(C)(=O)=O)CC(C)O1. The molecule has 0 aliphatic carbocycles. The first-order chi connectivity index (χ1) is 11.5. The first-order valence-corrected chi connectivity index (χ1v) is 10.4. The molecule has 1 amide bonds. The molecular formula is C18H28N2O4S. The Morgan fingerprint density at radius 1 is 1.24 bits per heavy atom. The van der Waals surface area contributed by atoms with Crippen LogP contribution in [0.15, 0.2) is 29.2 Å². The lowest BCUT2D eigenvalue weighted by atomic mass is 10.00. The van der Waals surface area contributed by atoms with Gasteiger partial charge in [0.15, 0.2) is 9.84 Å². The van der Waals surface area contributed by atoms with Gasteiger partial charge in [0.25, 0.3) is 5.91 Å². The van der Waals surface area contributed by atoms with Gasteiger partial charge in [-0.3, -0.25) is 9.69 Å². The second kappa shape index (κ2) is 7.43. The minimum atomic E-state index is -3.46. The Hall–Kier alpha value is -1.44. The van der Waals surface area contributed by atoms with Crippen molar-refractivity contribution >= 4 is 15.7 Å². The minimum Gasteiger partial charge on any atom is -0.373 e. The van der Waals surface area contributed by atoms with Crippen LogP contribution >= 0.6 is 0 Å². The maximum atomic E-state index is 12.6. The van der Waals surface area contributed by atoms with E-state index in [1.165, 1.54) is 12.1 Å². The molecule has 1 N–H and O–H groups in total. The van der Waals surface area contributed by atoms with Crippen molar-refractivity contribution in [1.29, 1.82) is 0 Å². The molecule has 140 valence electrons. The van der Waals surface area contributed by atoms with Gasteiger partial charge in [0.1, 0.15) is 0 Å². The number of morpholine rings is 1. The first kappa shape index (κ1) is 19.9. The van der Waals surface area contributed by atoms with Gasteiger partial charge in [-0.05, 0) is 39.8 Å². The van der Waals surface area contributed by atoms with Crippen LogP contribution in [0, 0.1) is 0 Å². The van der Waals surface area contributed by atoms with Crippen molar-refractivity contribution in [3.63, 3.8) is 0 Å². The van der Waals surface area contributed by atoms with Crippen LogP contribution in [-0.2, 0) is 14.6 Å². The lowest BCUT2D eigenvalue weighted by molar-refractivity contribution is -0.0948. The number of sulfone groups is 1. The fourth-order valence-electron chi connectivity index (χ4n) is 3.15. The van der Waals surface area contributed by atoms with Gasteiger partial charge in [0.05, 0.1) is 22.7 Å². The summed E-state index contributed by atoms with van der Waals surface area (Å²) >= 11 is 0. The molecule has 25 heavy (non-hydrogen) atoms. The zero-order valence-corrected chi connectivity index (χ0v) is 16.4. The lowest BCUT2D eigenvalue weighted by Gasteiger charge is -2.45. The summed E-state index contributed by atoms with van der Waals surface area (Å²) in [5.41, 5.74) is -0.0772. The molecule has 1 aromatic rings. The smallest absolute Gasteiger partial charge is 0.252 e. The van der Waals surface area contributed by atoms with E-state index in [1.807, 2.05) is 13.8 Å². The second-order valence-corrected chi connectivity index (χ2v) is 9.41. The minimum absolute atomic E-state index is 0.0546. The van der Waals surface area contributed by atoms with Crippen molar-refractivity contribution in [2.24, 2.45) is 0 Å². The van der Waals surface area contributed by atoms with Crippen molar-refractivity contribution in [1.82, 2.24) is 10.2 Å². The second-order valence-electron chi connectivity index (χ2n) is 7.43. The zero-order chi connectivity index (χ0) is 18.8. The number of carbonyl (C=O) groups excluding carboxylic acids is 1. The van der Waals surface area contributed by atoms with E-state index in [1.54, 1.807) is 12.1 Å². The molecule has 1 heterocycles. The third-order valence-electron chi connectivity index (χ3n) is 4.49. The van der Waals surface area contributed by atoms with Crippen molar-refractivity contribution in [2.45, 2.75) is 50.3 Å². The van der Waals surface area contributed by atoms with Gasteiger partial charge in [0.2, 0.25) is 0 Å². The van der Waals surface area contributed by atoms with Crippen LogP contribution in [0.2, 0.25) is 0 Å². The molecule has 2 unspecified atom stereocenters. The average Bonchev–Trinajstić information content (AvgIpc) is 2.51. The molecule has 0 saturated carbocycles. The monoisotopic (exact) mass is 368 g/mol. The van der Waals surface area contributed by atoms with Gasteiger partial charge in [0, 0.05) is 31.4 Å². The quantitative estimate of drug-likeness (QED) is 0.856. The summed E-state index contributed by atoms with van der Waals surface area (Å²) in [5.74, 6) is -0.372. The summed E-state index contributed by atoms with van der Waals surface area (Å²) in [5, 5.41) is 2.89. The molecule has 1 aromatic carbocycles. The number of carbonyl (C=O) groups is 1. The molecule has 6 nitrogen and oxygen atoms in total. The number of hydrogen-bond donors (Lipinski definition) is 1. The summed E-state index contributed by atoms with van der Waals surface area (Å²) < 4.78 is 29.5. The number of benzene rings is 1. The van der Waals surface area contributed by atoms with E-state index < -0.39 is 9.84 Å². The highest BCUT2D eigenvalue weighted by molar-refractivity contribution is 7.90. The van der Waals surface area contributed by atoms with E-state index >= 15 is 0 Å². The molecule has 1 saturated heterocycles. The van der Waals surface area contributed by atoms with Crippen LogP contribution in [0.1, 0.15) is 38.1 Å². The Morgan fingerprint density at radius 2 is 1.80 bits per heavy atom. The molecule has 0 aromatic heterocycles. The first-order valence-electron chi connectivity index (χ1n) is 8.48. The molecule has 7 heteroatoms. The highest BCUT2D eigenvalue weighted by Gasteiger charge is 2.33. The fraction of sp³-hybridized carbons (Fsp3) is 0.611. The number of hydrogen-bond acceptors (Lipinski definition) is 5. The maximum absolute atomic E-state index is 12.6. The summed E-state index contributed by atoms with van der Waals surface area (Å²) in [6.45, 7) is 10.2. The van der Waals surface area contributed by atoms with Crippen LogP contribution in [-0.4, -0.2) is 62.9 Å². The van der Waals surface area contributed by atoms with Gasteiger partial charge in [-0.1, -0.05) is 12.1 Å². The highest BCUT2D eigenvalue weighted by atomic mass is 32.2. The number of nitrogens with one attached hydrogen (secondary N) is 1. The predicted molar refractivity (Wildman–Crippen MR) is 97.5 cm³/mol. The van der Waals surface area contributed by atoms with Gasteiger partial charge in [-0.25, -0.2) is 8.42 Å². The summed E-state index contributed by atoms with van der Waals surface area (Å²) in [4.78, 5) is 14.9. The Morgan fingerprint density at radius 3 is 2.36 bits per heavy atom. The normalized spacial score (nSPS) is 22.6. The van der Waals surface area contributed by atoms with Crippen molar-refractivity contribution in [3.05, 3.63) is 29.8 Å². The third-order valence-corrected chi connectivity index (χ3v) is 5.64. The molecule has 2 atom stereocenters. The van der Waals surface area contributed by atoms with E-state index in [0.717, 1.165) is 19.3 Å². The van der Waals surface area contributed by atoms with Crippen LogP contribution in [0.25, 0.3) is 0 Å². The molecule has 2 rings (SSSR count). The third kappa shape index (κ3) is 5.03. The van der Waals surface area contributed by atoms with Crippen LogP contribution in [0.4, 0.5) is 0 Å². The highest BCUT2D eigenvalue weighted by Crippen LogP contribution is 2.21. The summed E-state index contributed by atoms with van der Waals surface area (Å²) in [6, 6.07) is 6.28. The number of ether oxygens (including phenoxy) is 1. The zero-order valence-electron chi connectivity index (χ0n) is 15.6. The molecule has 1 aliphatic rings. The summed E-state index contributed by atoms with van der Waals surface area (Å²) in [6.07, 6.45) is 1.40. The van der Waals surface area contributed by atoms with Crippen molar-refractivity contribution in [2.75, 3.05) is 25.9 Å². The Bertz CT molecular complexity index is 720. The molecule has 0 radical (unpaired) electrons. The fourth-order valence-corrected chi connectivity index (χ4v) is 4.04. The number of rotatable bonds is 5. The molecule has 0 spiro atoms. The number of amides is 1. The van der Waals surface area contributed by atoms with Crippen LogP contribution < -0.4 is 5.32 Å². The van der Waals surface area contributed by atoms with E-state index in [-0.39, 0.29) is 34.1 Å². The van der Waals surface area contributed by atoms with Gasteiger partial charge in [-0.15, -0.1) is 0 Å². The molecule has 1 fully saturated rings. The molecule has 1 aliphatic heterocycles. The van der Waals surface area contributed by atoms with Crippen LogP contribution in [0.3, 0.4) is 0 Å². The van der Waals surface area contributed by atoms with Crippen molar-refractivity contribution < 1.29 is 17.9 Å². The van der Waals surface area contributed by atoms with E-state index in [2.05, 4.69) is 24.1 Å². The average molecular weight is 368 g/mol. The molecule has 0 bridgehead atoms. The molecular weight excluding hydrogens is 340 g/mol. The summed E-state index contributed by atoms with van der Waals surface area (Å²) in [7, 11) is -3.46. The largest absolute Gasteiger partial charge is 0.373 e. The topological polar surface area (TPSA) is 75.7 Å². The lowest BCUT2D eigenvalue weighted by Crippen LogP contribution is -2.58. The van der Waals surface area contributed by atoms with Gasteiger partial charge in [-0.2, -0.15) is 0 Å². The number of nitrogens with zero attached hydrogens (tertiary/aromatic N) is 1. The van der Waals surface area contributed by atoms with Gasteiger partial charge < -0.3 is 10.1 Å². The van der Waals surface area contributed by atoms with E-state index in [0.29, 0.717) is 6.54 Å². The van der Waals surface area contributed by atoms with Crippen molar-refractivity contribution in [3.8, 4) is 0 Å². The Labute approximate surface area is 150 Å². The standard InChI is InChI=1S/C18H28N2O4S/c1-13-10-20(11-14(2)24-13)18(3,4)12-19-17(21)15-8-6-7-9-16(15)25(5,22)23/h6-9,13-14H,10-12H2,1-5H3,(H,19,21). The maximum Gasteiger partial charge on any atom is 0.252 e. The van der Waals surface area contributed by atoms with E-state index in [4.69, 9.17) is 4.74 Å². The Balaban J connectivity index is 2.09. The predicted octanol–water partition coefficient (Wildman–Crippen LogP) is 1.71.